The fourth-order valence-electron chi connectivity index (χ4n) is 3.32. The average molecular weight is 402 g/mol. The molecule has 28 heavy (non-hydrogen) atoms. The van der Waals surface area contributed by atoms with Gasteiger partial charge in [0, 0.05) is 18.5 Å². The van der Waals surface area contributed by atoms with Crippen LogP contribution in [0.3, 0.4) is 0 Å². The second-order valence-corrected chi connectivity index (χ2v) is 6.89. The Labute approximate surface area is 165 Å². The number of carbonyl (C=O) groups is 1. The molecule has 0 radical (unpaired) electrons. The summed E-state index contributed by atoms with van der Waals surface area (Å²) in [6.07, 6.45) is 0.925. The number of methoxy groups -OCH3 is 1. The van der Waals surface area contributed by atoms with E-state index in [9.17, 15) is 9.18 Å². The highest BCUT2D eigenvalue weighted by atomic mass is 35.5. The highest BCUT2D eigenvalue weighted by Gasteiger charge is 2.36. The maximum Gasteiger partial charge on any atom is 0.249 e. The van der Waals surface area contributed by atoms with Crippen LogP contribution >= 0.6 is 11.6 Å². The lowest BCUT2D eigenvalue weighted by molar-refractivity contribution is -0.130. The summed E-state index contributed by atoms with van der Waals surface area (Å²) in [6, 6.07) is 11.5. The number of ether oxygens (including phenoxy) is 1. The first-order valence-corrected chi connectivity index (χ1v) is 9.15. The van der Waals surface area contributed by atoms with Crippen molar-refractivity contribution in [1.29, 1.82) is 0 Å². The lowest BCUT2D eigenvalue weighted by Crippen LogP contribution is -2.27. The van der Waals surface area contributed by atoms with Gasteiger partial charge >= 0.3 is 0 Å². The molecule has 8 heteroatoms. The first-order chi connectivity index (χ1) is 13.6. The Morgan fingerprint density at radius 2 is 2.14 bits per heavy atom. The molecule has 3 aromatic rings. The summed E-state index contributed by atoms with van der Waals surface area (Å²) in [6.45, 7) is 0.244. The normalized spacial score (nSPS) is 16.6. The molecule has 0 saturated carbocycles. The zero-order valence-corrected chi connectivity index (χ0v) is 15.8. The van der Waals surface area contributed by atoms with Gasteiger partial charge in [0.15, 0.2) is 11.6 Å². The zero-order valence-electron chi connectivity index (χ0n) is 15.1. The van der Waals surface area contributed by atoms with Crippen LogP contribution in [-0.4, -0.2) is 28.1 Å². The van der Waals surface area contributed by atoms with Crippen LogP contribution in [0.25, 0.3) is 11.4 Å². The number of halogens is 2. The third-order valence-corrected chi connectivity index (χ3v) is 5.07. The molecule has 2 aromatic carbocycles. The Hall–Kier alpha value is -2.93. The molecule has 2 heterocycles. The highest BCUT2D eigenvalue weighted by Crippen LogP contribution is 2.35. The van der Waals surface area contributed by atoms with E-state index >= 15 is 0 Å². The van der Waals surface area contributed by atoms with Gasteiger partial charge in [-0.2, -0.15) is 4.98 Å². The van der Waals surface area contributed by atoms with E-state index in [1.165, 1.54) is 13.2 Å². The van der Waals surface area contributed by atoms with Crippen LogP contribution < -0.4 is 4.74 Å². The van der Waals surface area contributed by atoms with Gasteiger partial charge in [0.05, 0.1) is 12.1 Å². The van der Waals surface area contributed by atoms with Crippen molar-refractivity contribution < 1.29 is 18.4 Å². The molecule has 6 nitrogen and oxygen atoms in total. The van der Waals surface area contributed by atoms with Gasteiger partial charge in [-0.15, -0.1) is 0 Å². The molecule has 1 aromatic heterocycles. The lowest BCUT2D eigenvalue weighted by Gasteiger charge is -2.22. The molecule has 0 aliphatic carbocycles. The van der Waals surface area contributed by atoms with E-state index in [4.69, 9.17) is 20.9 Å². The van der Waals surface area contributed by atoms with Gasteiger partial charge in [0.2, 0.25) is 17.6 Å². The predicted molar refractivity (Wildman–Crippen MR) is 100 cm³/mol. The number of hydrogen-bond acceptors (Lipinski definition) is 5. The molecule has 1 amide bonds. The number of aromatic nitrogens is 2. The summed E-state index contributed by atoms with van der Waals surface area (Å²) in [4.78, 5) is 18.5. The van der Waals surface area contributed by atoms with E-state index in [1.54, 1.807) is 29.2 Å². The monoisotopic (exact) mass is 401 g/mol. The molecule has 0 spiro atoms. The molecular weight excluding hydrogens is 385 g/mol. The van der Waals surface area contributed by atoms with E-state index < -0.39 is 5.82 Å². The summed E-state index contributed by atoms with van der Waals surface area (Å²) in [5.74, 6) is 0.361. The first-order valence-electron chi connectivity index (χ1n) is 8.77. The first kappa shape index (κ1) is 18.4. The Morgan fingerprint density at radius 1 is 1.32 bits per heavy atom. The quantitative estimate of drug-likeness (QED) is 0.633. The standard InChI is InChI=1S/C20H17ClFN3O3/c1-27-17-8-6-12(10-15(17)22)11-25-16(7-9-18(25)26)20-23-19(24-28-20)13-4-2-3-5-14(13)21/h2-6,8,10,16H,7,9,11H2,1H3. The number of benzene rings is 2. The van der Waals surface area contributed by atoms with Crippen molar-refractivity contribution in [3.05, 3.63) is 64.8 Å². The number of carbonyl (C=O) groups excluding carboxylic acids is 1. The Balaban J connectivity index is 1.58. The molecule has 4 rings (SSSR count). The van der Waals surface area contributed by atoms with E-state index in [2.05, 4.69) is 10.1 Å². The van der Waals surface area contributed by atoms with Gasteiger partial charge < -0.3 is 14.2 Å². The van der Waals surface area contributed by atoms with Crippen molar-refractivity contribution in [2.24, 2.45) is 0 Å². The zero-order chi connectivity index (χ0) is 19.7. The fraction of sp³-hybridized carbons (Fsp3) is 0.250. The van der Waals surface area contributed by atoms with Crippen LogP contribution in [-0.2, 0) is 11.3 Å². The molecule has 1 fully saturated rings. The molecular formula is C20H17ClFN3O3. The third kappa shape index (κ3) is 3.45. The molecule has 0 N–H and O–H groups in total. The van der Waals surface area contributed by atoms with Crippen LogP contribution in [0.15, 0.2) is 47.0 Å². The smallest absolute Gasteiger partial charge is 0.249 e. The van der Waals surface area contributed by atoms with Crippen molar-refractivity contribution in [2.75, 3.05) is 7.11 Å². The van der Waals surface area contributed by atoms with Gasteiger partial charge in [-0.25, -0.2) is 4.39 Å². The highest BCUT2D eigenvalue weighted by molar-refractivity contribution is 6.33. The molecule has 1 unspecified atom stereocenters. The van der Waals surface area contributed by atoms with Gasteiger partial charge in [0.1, 0.15) is 6.04 Å². The minimum absolute atomic E-state index is 0.0429. The number of amides is 1. The molecule has 144 valence electrons. The second kappa shape index (κ2) is 7.59. The van der Waals surface area contributed by atoms with Crippen LogP contribution in [0.4, 0.5) is 4.39 Å². The number of likely N-dealkylation sites (tertiary alicyclic amines) is 1. The molecule has 1 saturated heterocycles. The van der Waals surface area contributed by atoms with Crippen molar-refractivity contribution in [3.8, 4) is 17.1 Å². The average Bonchev–Trinajstić information content (AvgIpc) is 3.30. The fourth-order valence-corrected chi connectivity index (χ4v) is 3.54. The van der Waals surface area contributed by atoms with Gasteiger partial charge in [-0.1, -0.05) is 35.0 Å². The van der Waals surface area contributed by atoms with Crippen LogP contribution in [0, 0.1) is 5.82 Å². The van der Waals surface area contributed by atoms with Crippen LogP contribution in [0.1, 0.15) is 30.3 Å². The van der Waals surface area contributed by atoms with E-state index in [0.29, 0.717) is 40.7 Å². The van der Waals surface area contributed by atoms with Crippen molar-refractivity contribution >= 4 is 17.5 Å². The maximum absolute atomic E-state index is 14.0. The van der Waals surface area contributed by atoms with Gasteiger partial charge in [-0.3, -0.25) is 4.79 Å². The summed E-state index contributed by atoms with van der Waals surface area (Å²) < 4.78 is 24.4. The van der Waals surface area contributed by atoms with Gasteiger partial charge in [0.25, 0.3) is 0 Å². The maximum atomic E-state index is 14.0. The Kier molecular flexibility index (Phi) is 5.00. The van der Waals surface area contributed by atoms with Gasteiger partial charge in [-0.05, 0) is 36.2 Å². The number of rotatable bonds is 5. The minimum atomic E-state index is -0.470. The van der Waals surface area contributed by atoms with Crippen LogP contribution in [0.5, 0.6) is 5.75 Å². The van der Waals surface area contributed by atoms with E-state index in [-0.39, 0.29) is 24.2 Å². The van der Waals surface area contributed by atoms with Crippen molar-refractivity contribution in [3.63, 3.8) is 0 Å². The van der Waals surface area contributed by atoms with E-state index in [1.807, 2.05) is 12.1 Å². The summed E-state index contributed by atoms with van der Waals surface area (Å²) in [5.41, 5.74) is 1.32. The summed E-state index contributed by atoms with van der Waals surface area (Å²) >= 11 is 6.19. The number of hydrogen-bond donors (Lipinski definition) is 0. The lowest BCUT2D eigenvalue weighted by atomic mass is 10.1. The van der Waals surface area contributed by atoms with E-state index in [0.717, 1.165) is 0 Å². The van der Waals surface area contributed by atoms with Crippen molar-refractivity contribution in [1.82, 2.24) is 15.0 Å². The summed E-state index contributed by atoms with van der Waals surface area (Å²) in [5, 5.41) is 4.53. The molecule has 1 aliphatic rings. The molecule has 1 atom stereocenters. The van der Waals surface area contributed by atoms with Crippen molar-refractivity contribution in [2.45, 2.75) is 25.4 Å². The summed E-state index contributed by atoms with van der Waals surface area (Å²) in [7, 11) is 1.41. The Morgan fingerprint density at radius 3 is 2.89 bits per heavy atom. The van der Waals surface area contributed by atoms with Crippen LogP contribution in [0.2, 0.25) is 5.02 Å². The predicted octanol–water partition coefficient (Wildman–Crippen LogP) is 4.40. The second-order valence-electron chi connectivity index (χ2n) is 6.48. The topological polar surface area (TPSA) is 68.5 Å². The largest absolute Gasteiger partial charge is 0.494 e. The molecule has 0 bridgehead atoms. The minimum Gasteiger partial charge on any atom is -0.494 e. The number of nitrogens with zero attached hydrogens (tertiary/aromatic N) is 3. The third-order valence-electron chi connectivity index (χ3n) is 4.74. The Bertz CT molecular complexity index is 1020. The molecule has 1 aliphatic heterocycles. The SMILES string of the molecule is COc1ccc(CN2C(=O)CCC2c2nc(-c3ccccc3Cl)no2)cc1F.